The quantitative estimate of drug-likeness (QED) is 0.932. The molecule has 0 radical (unpaired) electrons. The highest BCUT2D eigenvalue weighted by Crippen LogP contribution is 2.32. The maximum absolute atomic E-state index is 12.4. The average Bonchev–Trinajstić information content (AvgIpc) is 3.00. The van der Waals surface area contributed by atoms with Crippen LogP contribution in [0.25, 0.3) is 0 Å². The van der Waals surface area contributed by atoms with Gasteiger partial charge >= 0.3 is 6.18 Å². The van der Waals surface area contributed by atoms with Crippen LogP contribution in [0.3, 0.4) is 0 Å². The number of alkyl halides is 3. The van der Waals surface area contributed by atoms with Crippen molar-refractivity contribution in [2.24, 2.45) is 0 Å². The van der Waals surface area contributed by atoms with Gasteiger partial charge < -0.3 is 4.90 Å². The van der Waals surface area contributed by atoms with E-state index in [9.17, 15) is 13.2 Å². The molecule has 0 aromatic carbocycles. The summed E-state index contributed by atoms with van der Waals surface area (Å²) in [7, 11) is 1.68. The van der Waals surface area contributed by atoms with E-state index in [1.54, 1.807) is 11.9 Å². The van der Waals surface area contributed by atoms with Gasteiger partial charge in [-0.15, -0.1) is 21.5 Å². The van der Waals surface area contributed by atoms with E-state index >= 15 is 0 Å². The van der Waals surface area contributed by atoms with Crippen LogP contribution in [0, 0.1) is 0 Å². The number of H-pyrrole nitrogens is 1. The first kappa shape index (κ1) is 13.7. The van der Waals surface area contributed by atoms with Crippen molar-refractivity contribution >= 4 is 16.5 Å². The van der Waals surface area contributed by atoms with Crippen LogP contribution in [0.1, 0.15) is 24.4 Å². The molecule has 2 aromatic heterocycles. The van der Waals surface area contributed by atoms with Gasteiger partial charge in [-0.3, -0.25) is 0 Å². The zero-order chi connectivity index (χ0) is 14.0. The summed E-state index contributed by atoms with van der Waals surface area (Å²) < 4.78 is 37.3. The Bertz CT molecular complexity index is 522. The lowest BCUT2D eigenvalue weighted by atomic mass is 10.1. The molecule has 1 N–H and O–H groups in total. The zero-order valence-electron chi connectivity index (χ0n) is 10.1. The van der Waals surface area contributed by atoms with E-state index in [0.29, 0.717) is 17.5 Å². The lowest BCUT2D eigenvalue weighted by Crippen LogP contribution is -2.23. The second-order valence-electron chi connectivity index (χ2n) is 4.06. The van der Waals surface area contributed by atoms with Crippen LogP contribution in [-0.2, 0) is 6.18 Å². The van der Waals surface area contributed by atoms with E-state index < -0.39 is 11.9 Å². The summed E-state index contributed by atoms with van der Waals surface area (Å²) >= 11 is 0.954. The van der Waals surface area contributed by atoms with Gasteiger partial charge in [-0.1, -0.05) is 12.1 Å². The minimum atomic E-state index is -4.41. The van der Waals surface area contributed by atoms with Gasteiger partial charge in [-0.25, -0.2) is 4.98 Å². The molecule has 2 heterocycles. The first-order valence-corrected chi connectivity index (χ1v) is 6.23. The fraction of sp³-hybridized carbons (Fsp3) is 0.556. The molecule has 1 atom stereocenters. The molecule has 0 amide bonds. The summed E-state index contributed by atoms with van der Waals surface area (Å²) in [4.78, 5) is 5.21. The van der Waals surface area contributed by atoms with Crippen molar-refractivity contribution in [3.8, 4) is 0 Å². The summed E-state index contributed by atoms with van der Waals surface area (Å²) in [6.07, 6.45) is -4.41. The first-order valence-electron chi connectivity index (χ1n) is 5.35. The third-order valence-electron chi connectivity index (χ3n) is 2.46. The number of likely N-dealkylation sites (N-methyl/N-ethyl adjacent to an activating group) is 1. The normalized spacial score (nSPS) is 13.5. The fourth-order valence-electron chi connectivity index (χ4n) is 1.52. The largest absolute Gasteiger partial charge is 0.434 e. The molecule has 0 aliphatic carbocycles. The molecule has 10 heteroatoms. The average molecular weight is 292 g/mol. The van der Waals surface area contributed by atoms with Gasteiger partial charge in [-0.2, -0.15) is 18.4 Å². The van der Waals surface area contributed by atoms with Crippen molar-refractivity contribution in [3.05, 3.63) is 16.9 Å². The van der Waals surface area contributed by atoms with Crippen LogP contribution in [0.4, 0.5) is 18.3 Å². The molecule has 6 nitrogen and oxygen atoms in total. The molecule has 0 unspecified atom stereocenters. The minimum absolute atomic E-state index is 0.0676. The summed E-state index contributed by atoms with van der Waals surface area (Å²) in [6, 6.07) is 0. The molecule has 0 saturated carbocycles. The third kappa shape index (κ3) is 3.19. The maximum Gasteiger partial charge on any atom is 0.434 e. The van der Waals surface area contributed by atoms with E-state index in [1.165, 1.54) is 0 Å². The Morgan fingerprint density at radius 1 is 1.47 bits per heavy atom. The van der Waals surface area contributed by atoms with Crippen molar-refractivity contribution in [1.29, 1.82) is 0 Å². The van der Waals surface area contributed by atoms with Gasteiger partial charge in [0.2, 0.25) is 0 Å². The maximum atomic E-state index is 12.4. The number of halogens is 3. The van der Waals surface area contributed by atoms with Crippen LogP contribution in [0.15, 0.2) is 5.38 Å². The van der Waals surface area contributed by atoms with Gasteiger partial charge in [-0.05, 0) is 0 Å². The number of hydrogen-bond donors (Lipinski definition) is 1. The molecule has 0 bridgehead atoms. The molecular formula is C9H11F3N6S. The SMILES string of the molecule is C[C@H](CN(C)c1nc(C(F)(F)F)cs1)c1nn[nH]n1. The van der Waals surface area contributed by atoms with Gasteiger partial charge in [0, 0.05) is 24.9 Å². The van der Waals surface area contributed by atoms with Crippen LogP contribution >= 0.6 is 11.3 Å². The highest BCUT2D eigenvalue weighted by molar-refractivity contribution is 7.13. The Balaban J connectivity index is 2.04. The second-order valence-corrected chi connectivity index (χ2v) is 4.90. The summed E-state index contributed by atoms with van der Waals surface area (Å²) in [6.45, 7) is 2.31. The number of thiazole rings is 1. The van der Waals surface area contributed by atoms with E-state index in [0.717, 1.165) is 16.7 Å². The van der Waals surface area contributed by atoms with Crippen molar-refractivity contribution in [2.75, 3.05) is 18.5 Å². The first-order chi connectivity index (χ1) is 8.88. The van der Waals surface area contributed by atoms with Gasteiger partial charge in [0.1, 0.15) is 0 Å². The van der Waals surface area contributed by atoms with Crippen LogP contribution in [0.5, 0.6) is 0 Å². The molecule has 0 saturated heterocycles. The van der Waals surface area contributed by atoms with Crippen molar-refractivity contribution in [3.63, 3.8) is 0 Å². The number of aromatic nitrogens is 5. The Morgan fingerprint density at radius 2 is 2.21 bits per heavy atom. The second kappa shape index (κ2) is 5.11. The van der Waals surface area contributed by atoms with Crippen LogP contribution in [-0.4, -0.2) is 39.2 Å². The molecule has 19 heavy (non-hydrogen) atoms. The molecule has 2 aromatic rings. The smallest absolute Gasteiger partial charge is 0.350 e. The van der Waals surface area contributed by atoms with Gasteiger partial charge in [0.05, 0.1) is 0 Å². The standard InChI is InChI=1S/C9H11F3N6S/c1-5(7-14-16-17-15-7)3-18(2)8-13-6(4-19-8)9(10,11)12/h4-5H,3H2,1-2H3,(H,14,15,16,17)/t5-/m1/s1. The number of rotatable bonds is 4. The molecule has 2 rings (SSSR count). The number of nitrogens with one attached hydrogen (secondary N) is 1. The Kier molecular flexibility index (Phi) is 3.69. The van der Waals surface area contributed by atoms with E-state index in [-0.39, 0.29) is 5.92 Å². The van der Waals surface area contributed by atoms with Crippen molar-refractivity contribution in [1.82, 2.24) is 25.6 Å². The van der Waals surface area contributed by atoms with Gasteiger partial charge in [0.15, 0.2) is 16.6 Å². The molecular weight excluding hydrogens is 281 g/mol. The summed E-state index contributed by atoms with van der Waals surface area (Å²) in [5, 5.41) is 14.8. The molecule has 0 aliphatic rings. The molecule has 0 fully saturated rings. The number of tetrazole rings is 1. The van der Waals surface area contributed by atoms with E-state index in [2.05, 4.69) is 25.6 Å². The number of hydrogen-bond acceptors (Lipinski definition) is 6. The third-order valence-corrected chi connectivity index (χ3v) is 3.41. The number of nitrogens with zero attached hydrogens (tertiary/aromatic N) is 5. The fourth-order valence-corrected chi connectivity index (χ4v) is 2.33. The highest BCUT2D eigenvalue weighted by Gasteiger charge is 2.34. The van der Waals surface area contributed by atoms with E-state index in [1.807, 2.05) is 6.92 Å². The van der Waals surface area contributed by atoms with E-state index in [4.69, 9.17) is 0 Å². The van der Waals surface area contributed by atoms with Crippen molar-refractivity contribution in [2.45, 2.75) is 19.0 Å². The highest BCUT2D eigenvalue weighted by atomic mass is 32.1. The molecule has 0 spiro atoms. The summed E-state index contributed by atoms with van der Waals surface area (Å²) in [5.41, 5.74) is -0.869. The predicted octanol–water partition coefficient (Wildman–Crippen LogP) is 1.91. The van der Waals surface area contributed by atoms with Crippen LogP contribution in [0.2, 0.25) is 0 Å². The lowest BCUT2D eigenvalue weighted by Gasteiger charge is -2.18. The lowest BCUT2D eigenvalue weighted by molar-refractivity contribution is -0.140. The predicted molar refractivity (Wildman–Crippen MR) is 63.0 cm³/mol. The topological polar surface area (TPSA) is 70.6 Å². The number of anilines is 1. The Hall–Kier alpha value is -1.71. The molecule has 104 valence electrons. The monoisotopic (exact) mass is 292 g/mol. The Morgan fingerprint density at radius 3 is 2.74 bits per heavy atom. The molecule has 0 aliphatic heterocycles. The minimum Gasteiger partial charge on any atom is -0.350 e. The number of aromatic amines is 1. The van der Waals surface area contributed by atoms with Crippen LogP contribution < -0.4 is 4.90 Å². The van der Waals surface area contributed by atoms with Crippen molar-refractivity contribution < 1.29 is 13.2 Å². The Labute approximate surface area is 110 Å². The summed E-state index contributed by atoms with van der Waals surface area (Å²) in [5.74, 6) is 0.446. The zero-order valence-corrected chi connectivity index (χ0v) is 11.0. The van der Waals surface area contributed by atoms with Gasteiger partial charge in [0.25, 0.3) is 0 Å².